The van der Waals surface area contributed by atoms with Gasteiger partial charge in [-0.05, 0) is 18.8 Å². The molecule has 3 atom stereocenters. The average Bonchev–Trinajstić information content (AvgIpc) is 2.86. The van der Waals surface area contributed by atoms with Gasteiger partial charge in [0.25, 0.3) is 5.91 Å². The Hall–Kier alpha value is -1.90. The van der Waals surface area contributed by atoms with Crippen molar-refractivity contribution in [1.82, 2.24) is 14.9 Å². The molecule has 2 aliphatic heterocycles. The van der Waals surface area contributed by atoms with Gasteiger partial charge in [0.2, 0.25) is 5.95 Å². The number of amides is 1. The van der Waals surface area contributed by atoms with Crippen molar-refractivity contribution >= 4 is 11.9 Å². The standard InChI is InChI=1S/C15H19F3N4O2/c1-9-8-21(14-19-6-10(7-20-14)15(16,17)18)4-2-11(9)22-5-3-12(23)13(22)24/h6-7,9,11-12,23H,2-5,8H2,1H3/t9-,11-,12-/m1/s1. The SMILES string of the molecule is C[C@@H]1CN(c2ncc(C(F)(F)F)cn2)CC[C@H]1N1CC[C@@H](O)C1=O. The normalized spacial score (nSPS) is 28.5. The van der Waals surface area contributed by atoms with Gasteiger partial charge in [0, 0.05) is 38.1 Å². The van der Waals surface area contributed by atoms with Crippen LogP contribution in [0.1, 0.15) is 25.3 Å². The van der Waals surface area contributed by atoms with Crippen molar-refractivity contribution in [3.63, 3.8) is 0 Å². The van der Waals surface area contributed by atoms with Crippen molar-refractivity contribution in [1.29, 1.82) is 0 Å². The fourth-order valence-electron chi connectivity index (χ4n) is 3.42. The summed E-state index contributed by atoms with van der Waals surface area (Å²) in [6.07, 6.45) is -2.65. The molecule has 1 amide bonds. The molecule has 0 saturated carbocycles. The highest BCUT2D eigenvalue weighted by Gasteiger charge is 2.39. The zero-order valence-corrected chi connectivity index (χ0v) is 13.2. The summed E-state index contributed by atoms with van der Waals surface area (Å²) in [7, 11) is 0. The molecule has 132 valence electrons. The predicted octanol–water partition coefficient (Wildman–Crippen LogP) is 1.30. The molecule has 24 heavy (non-hydrogen) atoms. The number of nitrogens with zero attached hydrogens (tertiary/aromatic N) is 4. The van der Waals surface area contributed by atoms with E-state index in [9.17, 15) is 23.1 Å². The minimum atomic E-state index is -4.45. The molecule has 2 aliphatic rings. The van der Waals surface area contributed by atoms with Gasteiger partial charge < -0.3 is 14.9 Å². The summed E-state index contributed by atoms with van der Waals surface area (Å²) >= 11 is 0. The summed E-state index contributed by atoms with van der Waals surface area (Å²) in [6.45, 7) is 3.64. The van der Waals surface area contributed by atoms with E-state index in [1.54, 1.807) is 4.90 Å². The lowest BCUT2D eigenvalue weighted by molar-refractivity contribution is -0.138. The quantitative estimate of drug-likeness (QED) is 0.876. The Bertz CT molecular complexity index is 608. The number of piperidine rings is 1. The maximum atomic E-state index is 12.6. The smallest absolute Gasteiger partial charge is 0.383 e. The van der Waals surface area contributed by atoms with Gasteiger partial charge in [-0.2, -0.15) is 13.2 Å². The number of hydrogen-bond donors (Lipinski definition) is 1. The molecule has 0 unspecified atom stereocenters. The second kappa shape index (κ2) is 6.19. The van der Waals surface area contributed by atoms with Gasteiger partial charge in [0.1, 0.15) is 6.10 Å². The monoisotopic (exact) mass is 344 g/mol. The zero-order valence-electron chi connectivity index (χ0n) is 13.2. The Labute approximate surface area is 137 Å². The van der Waals surface area contributed by atoms with Gasteiger partial charge in [0.15, 0.2) is 0 Å². The molecule has 0 radical (unpaired) electrons. The molecule has 1 N–H and O–H groups in total. The minimum Gasteiger partial charge on any atom is -0.383 e. The van der Waals surface area contributed by atoms with Crippen LogP contribution >= 0.6 is 0 Å². The molecule has 3 heterocycles. The van der Waals surface area contributed by atoms with Gasteiger partial charge >= 0.3 is 6.18 Å². The number of anilines is 1. The first-order valence-electron chi connectivity index (χ1n) is 7.90. The third-order valence-corrected chi connectivity index (χ3v) is 4.72. The number of likely N-dealkylation sites (tertiary alicyclic amines) is 1. The number of aliphatic hydroxyl groups is 1. The van der Waals surface area contributed by atoms with Crippen LogP contribution in [0.4, 0.5) is 19.1 Å². The molecular weight excluding hydrogens is 325 g/mol. The summed E-state index contributed by atoms with van der Waals surface area (Å²) in [4.78, 5) is 23.2. The van der Waals surface area contributed by atoms with Gasteiger partial charge in [0.05, 0.1) is 5.56 Å². The summed E-state index contributed by atoms with van der Waals surface area (Å²) in [5.74, 6) is 0.144. The molecule has 1 aromatic heterocycles. The van der Waals surface area contributed by atoms with Crippen LogP contribution in [-0.2, 0) is 11.0 Å². The fourth-order valence-corrected chi connectivity index (χ4v) is 3.42. The lowest BCUT2D eigenvalue weighted by atomic mass is 9.92. The second-order valence-electron chi connectivity index (χ2n) is 6.38. The third-order valence-electron chi connectivity index (χ3n) is 4.72. The molecule has 6 nitrogen and oxygen atoms in total. The molecule has 3 rings (SSSR count). The van der Waals surface area contributed by atoms with Crippen molar-refractivity contribution in [3.05, 3.63) is 18.0 Å². The lowest BCUT2D eigenvalue weighted by Crippen LogP contribution is -2.51. The van der Waals surface area contributed by atoms with E-state index in [1.807, 2.05) is 11.8 Å². The molecule has 2 fully saturated rings. The minimum absolute atomic E-state index is 0.0281. The number of aliphatic hydroxyl groups excluding tert-OH is 1. The van der Waals surface area contributed by atoms with Crippen molar-refractivity contribution in [2.24, 2.45) is 5.92 Å². The average molecular weight is 344 g/mol. The van der Waals surface area contributed by atoms with E-state index in [1.165, 1.54) is 0 Å². The van der Waals surface area contributed by atoms with Crippen LogP contribution < -0.4 is 4.90 Å². The Morgan fingerprint density at radius 1 is 1.21 bits per heavy atom. The zero-order chi connectivity index (χ0) is 17.5. The first-order chi connectivity index (χ1) is 11.3. The summed E-state index contributed by atoms with van der Waals surface area (Å²) in [6, 6.07) is 0.0281. The molecule has 1 aromatic rings. The van der Waals surface area contributed by atoms with Crippen molar-refractivity contribution in [2.45, 2.75) is 38.1 Å². The van der Waals surface area contributed by atoms with E-state index >= 15 is 0 Å². The summed E-state index contributed by atoms with van der Waals surface area (Å²) in [5, 5.41) is 9.59. The van der Waals surface area contributed by atoms with Crippen LogP contribution in [0.25, 0.3) is 0 Å². The van der Waals surface area contributed by atoms with Gasteiger partial charge in [-0.3, -0.25) is 4.79 Å². The predicted molar refractivity (Wildman–Crippen MR) is 79.2 cm³/mol. The molecule has 0 bridgehead atoms. The molecule has 0 aromatic carbocycles. The summed E-state index contributed by atoms with van der Waals surface area (Å²) < 4.78 is 37.7. The Morgan fingerprint density at radius 3 is 2.38 bits per heavy atom. The second-order valence-corrected chi connectivity index (χ2v) is 6.38. The topological polar surface area (TPSA) is 69.6 Å². The molecule has 9 heteroatoms. The van der Waals surface area contributed by atoms with Crippen LogP contribution in [0.15, 0.2) is 12.4 Å². The van der Waals surface area contributed by atoms with Crippen molar-refractivity contribution < 1.29 is 23.1 Å². The van der Waals surface area contributed by atoms with E-state index in [4.69, 9.17) is 0 Å². The van der Waals surface area contributed by atoms with E-state index in [2.05, 4.69) is 9.97 Å². The largest absolute Gasteiger partial charge is 0.419 e. The maximum absolute atomic E-state index is 12.6. The van der Waals surface area contributed by atoms with Gasteiger partial charge in [-0.1, -0.05) is 6.92 Å². The van der Waals surface area contributed by atoms with Crippen LogP contribution in [0.3, 0.4) is 0 Å². The number of aromatic nitrogens is 2. The lowest BCUT2D eigenvalue weighted by Gasteiger charge is -2.41. The van der Waals surface area contributed by atoms with E-state index in [0.717, 1.165) is 12.4 Å². The number of rotatable bonds is 2. The number of alkyl halides is 3. The summed E-state index contributed by atoms with van der Waals surface area (Å²) in [5.41, 5.74) is -0.870. The number of carbonyl (C=O) groups is 1. The molecular formula is C15H19F3N4O2. The van der Waals surface area contributed by atoms with Gasteiger partial charge in [-0.25, -0.2) is 9.97 Å². The first kappa shape index (κ1) is 16.9. The molecule has 0 aliphatic carbocycles. The van der Waals surface area contributed by atoms with Crippen molar-refractivity contribution in [3.8, 4) is 0 Å². The fraction of sp³-hybridized carbons (Fsp3) is 0.667. The molecule has 0 spiro atoms. The number of halogens is 3. The molecule has 2 saturated heterocycles. The Balaban J connectivity index is 1.66. The number of hydrogen-bond acceptors (Lipinski definition) is 5. The highest BCUT2D eigenvalue weighted by molar-refractivity contribution is 5.83. The van der Waals surface area contributed by atoms with E-state index in [0.29, 0.717) is 32.5 Å². The van der Waals surface area contributed by atoms with Crippen LogP contribution in [-0.4, -0.2) is 57.7 Å². The third kappa shape index (κ3) is 3.17. The first-order valence-corrected chi connectivity index (χ1v) is 7.90. The maximum Gasteiger partial charge on any atom is 0.419 e. The Morgan fingerprint density at radius 2 is 1.88 bits per heavy atom. The van der Waals surface area contributed by atoms with Crippen molar-refractivity contribution in [2.75, 3.05) is 24.5 Å². The highest BCUT2D eigenvalue weighted by Crippen LogP contribution is 2.30. The van der Waals surface area contributed by atoms with E-state index in [-0.39, 0.29) is 23.8 Å². The van der Waals surface area contributed by atoms with Crippen LogP contribution in [0, 0.1) is 5.92 Å². The Kier molecular flexibility index (Phi) is 4.37. The van der Waals surface area contributed by atoms with Crippen LogP contribution in [0.2, 0.25) is 0 Å². The van der Waals surface area contributed by atoms with Crippen LogP contribution in [0.5, 0.6) is 0 Å². The van der Waals surface area contributed by atoms with Gasteiger partial charge in [-0.15, -0.1) is 0 Å². The van der Waals surface area contributed by atoms with E-state index < -0.39 is 17.8 Å². The highest BCUT2D eigenvalue weighted by atomic mass is 19.4. The number of carbonyl (C=O) groups excluding carboxylic acids is 1.